The quantitative estimate of drug-likeness (QED) is 0.175. The monoisotopic (exact) mass is 613 g/mol. The van der Waals surface area contributed by atoms with Gasteiger partial charge in [0.25, 0.3) is 0 Å². The molecule has 1 aromatic heterocycles. The summed E-state index contributed by atoms with van der Waals surface area (Å²) in [7, 11) is -4.00. The van der Waals surface area contributed by atoms with Gasteiger partial charge in [-0.3, -0.25) is 4.90 Å². The first-order valence-electron chi connectivity index (χ1n) is 14.3. The number of nitrogens with zero attached hydrogens (tertiary/aromatic N) is 3. The number of hydrogen-bond acceptors (Lipinski definition) is 7. The SMILES string of the molecule is CCOc1ccc(-c2nc(S(=O)(=O)c3ccc(Cl)cc3)c(N3CCN(C(c4ccccc4)c4ccccc4)CC3)o2)cc1. The van der Waals surface area contributed by atoms with Crippen LogP contribution in [0, 0.1) is 0 Å². The van der Waals surface area contributed by atoms with Crippen LogP contribution < -0.4 is 9.64 Å². The molecule has 0 saturated carbocycles. The second kappa shape index (κ2) is 12.6. The summed E-state index contributed by atoms with van der Waals surface area (Å²) in [6, 6.07) is 34.4. The first-order valence-corrected chi connectivity index (χ1v) is 16.1. The first kappa shape index (κ1) is 29.0. The topological polar surface area (TPSA) is 75.9 Å². The lowest BCUT2D eigenvalue weighted by Crippen LogP contribution is -2.48. The standard InChI is InChI=1S/C34H32ClN3O4S/c1-2-41-29-17-13-27(14-18-29)32-36-33(43(39,40)30-19-15-28(35)16-20-30)34(42-32)38-23-21-37(22-24-38)31(25-9-5-3-6-10-25)26-11-7-4-8-12-26/h3-20,31H,2,21-24H2,1H3. The van der Waals surface area contributed by atoms with E-state index in [1.54, 1.807) is 12.1 Å². The summed E-state index contributed by atoms with van der Waals surface area (Å²) < 4.78 is 39.7. The van der Waals surface area contributed by atoms with E-state index in [0.29, 0.717) is 43.4 Å². The van der Waals surface area contributed by atoms with Gasteiger partial charge >= 0.3 is 0 Å². The minimum absolute atomic E-state index is 0.0796. The van der Waals surface area contributed by atoms with Gasteiger partial charge in [0, 0.05) is 36.8 Å². The number of halogens is 1. The molecular weight excluding hydrogens is 582 g/mol. The Morgan fingerprint density at radius 3 is 1.95 bits per heavy atom. The molecule has 4 aromatic carbocycles. The van der Waals surface area contributed by atoms with Crippen molar-refractivity contribution in [3.05, 3.63) is 125 Å². The number of aromatic nitrogens is 1. The highest BCUT2D eigenvalue weighted by atomic mass is 35.5. The number of hydrogen-bond donors (Lipinski definition) is 0. The van der Waals surface area contributed by atoms with Gasteiger partial charge in [-0.25, -0.2) is 8.42 Å². The molecule has 0 spiro atoms. The molecule has 1 saturated heterocycles. The summed E-state index contributed by atoms with van der Waals surface area (Å²) in [6.07, 6.45) is 0. The van der Waals surface area contributed by atoms with Gasteiger partial charge in [0.15, 0.2) is 0 Å². The molecule has 0 unspecified atom stereocenters. The fourth-order valence-electron chi connectivity index (χ4n) is 5.45. The predicted molar refractivity (Wildman–Crippen MR) is 169 cm³/mol. The lowest BCUT2D eigenvalue weighted by atomic mass is 9.96. The van der Waals surface area contributed by atoms with Crippen molar-refractivity contribution in [2.45, 2.75) is 22.9 Å². The van der Waals surface area contributed by atoms with Gasteiger partial charge in [0.05, 0.1) is 17.5 Å². The van der Waals surface area contributed by atoms with E-state index in [2.05, 4.69) is 58.4 Å². The largest absolute Gasteiger partial charge is 0.494 e. The Hall–Kier alpha value is -4.11. The maximum Gasteiger partial charge on any atom is 0.236 e. The van der Waals surface area contributed by atoms with Gasteiger partial charge in [-0.2, -0.15) is 4.98 Å². The molecule has 0 amide bonds. The highest BCUT2D eigenvalue weighted by Gasteiger charge is 2.34. The van der Waals surface area contributed by atoms with E-state index in [0.717, 1.165) is 5.75 Å². The molecule has 9 heteroatoms. The van der Waals surface area contributed by atoms with Crippen molar-refractivity contribution in [1.82, 2.24) is 9.88 Å². The molecular formula is C34H32ClN3O4S. The highest BCUT2D eigenvalue weighted by molar-refractivity contribution is 7.91. The van der Waals surface area contributed by atoms with E-state index >= 15 is 0 Å². The number of oxazole rings is 1. The van der Waals surface area contributed by atoms with E-state index in [4.69, 9.17) is 20.8 Å². The fourth-order valence-corrected chi connectivity index (χ4v) is 6.90. The maximum atomic E-state index is 13.9. The summed E-state index contributed by atoms with van der Waals surface area (Å²) in [5.41, 5.74) is 3.09. The van der Waals surface area contributed by atoms with Crippen LogP contribution in [0.5, 0.6) is 5.75 Å². The van der Waals surface area contributed by atoms with E-state index in [1.165, 1.54) is 23.3 Å². The number of piperazine rings is 1. The summed E-state index contributed by atoms with van der Waals surface area (Å²) in [4.78, 5) is 9.09. The zero-order chi connectivity index (χ0) is 29.8. The fraction of sp³-hybridized carbons (Fsp3) is 0.206. The zero-order valence-electron chi connectivity index (χ0n) is 23.8. The van der Waals surface area contributed by atoms with Crippen molar-refractivity contribution in [2.24, 2.45) is 0 Å². The lowest BCUT2D eigenvalue weighted by molar-refractivity contribution is 0.209. The van der Waals surface area contributed by atoms with Gasteiger partial charge in [0.1, 0.15) is 5.75 Å². The molecule has 7 nitrogen and oxygen atoms in total. The summed E-state index contributed by atoms with van der Waals surface area (Å²) >= 11 is 6.06. The summed E-state index contributed by atoms with van der Waals surface area (Å²) in [6.45, 7) is 5.01. The molecule has 0 aliphatic carbocycles. The van der Waals surface area contributed by atoms with Crippen molar-refractivity contribution >= 4 is 27.3 Å². The molecule has 0 bridgehead atoms. The van der Waals surface area contributed by atoms with Crippen LogP contribution in [0.25, 0.3) is 11.5 Å². The van der Waals surface area contributed by atoms with E-state index in [9.17, 15) is 8.42 Å². The van der Waals surface area contributed by atoms with Crippen molar-refractivity contribution in [3.63, 3.8) is 0 Å². The second-order valence-electron chi connectivity index (χ2n) is 10.3. The average Bonchev–Trinajstić information content (AvgIpc) is 3.50. The highest BCUT2D eigenvalue weighted by Crippen LogP contribution is 2.37. The third-order valence-corrected chi connectivity index (χ3v) is 9.49. The maximum absolute atomic E-state index is 13.9. The van der Waals surface area contributed by atoms with Crippen molar-refractivity contribution in [1.29, 1.82) is 0 Å². The van der Waals surface area contributed by atoms with Crippen LogP contribution >= 0.6 is 11.6 Å². The Bertz CT molecular complexity index is 1710. The Kier molecular flexibility index (Phi) is 8.51. The number of sulfone groups is 1. The molecule has 43 heavy (non-hydrogen) atoms. The van der Waals surface area contributed by atoms with Gasteiger partial charge in [-0.05, 0) is 66.6 Å². The number of anilines is 1. The number of benzene rings is 4. The first-order chi connectivity index (χ1) is 20.9. The zero-order valence-corrected chi connectivity index (χ0v) is 25.3. The molecule has 220 valence electrons. The Morgan fingerprint density at radius 1 is 0.814 bits per heavy atom. The van der Waals surface area contributed by atoms with Crippen LogP contribution in [0.2, 0.25) is 5.02 Å². The van der Waals surface area contributed by atoms with Crippen molar-refractivity contribution in [2.75, 3.05) is 37.7 Å². The van der Waals surface area contributed by atoms with Crippen LogP contribution in [-0.2, 0) is 9.84 Å². The van der Waals surface area contributed by atoms with E-state index in [-0.39, 0.29) is 27.7 Å². The molecule has 1 aliphatic heterocycles. The second-order valence-corrected chi connectivity index (χ2v) is 12.6. The van der Waals surface area contributed by atoms with Crippen LogP contribution in [0.15, 0.2) is 124 Å². The van der Waals surface area contributed by atoms with Crippen LogP contribution in [0.3, 0.4) is 0 Å². The van der Waals surface area contributed by atoms with Crippen molar-refractivity contribution in [3.8, 4) is 17.2 Å². The van der Waals surface area contributed by atoms with E-state index in [1.807, 2.05) is 48.2 Å². The molecule has 0 atom stereocenters. The third-order valence-electron chi connectivity index (χ3n) is 7.57. The van der Waals surface area contributed by atoms with Gasteiger partial charge < -0.3 is 14.1 Å². The number of ether oxygens (including phenoxy) is 1. The summed E-state index contributed by atoms with van der Waals surface area (Å²) in [5.74, 6) is 1.20. The minimum atomic E-state index is -4.00. The van der Waals surface area contributed by atoms with Crippen LogP contribution in [0.1, 0.15) is 24.1 Å². The van der Waals surface area contributed by atoms with Gasteiger partial charge in [-0.15, -0.1) is 0 Å². The molecule has 5 aromatic rings. The Balaban J connectivity index is 1.33. The summed E-state index contributed by atoms with van der Waals surface area (Å²) in [5, 5.41) is 0.353. The smallest absolute Gasteiger partial charge is 0.236 e. The molecule has 6 rings (SSSR count). The normalized spacial score (nSPS) is 14.3. The molecule has 0 radical (unpaired) electrons. The minimum Gasteiger partial charge on any atom is -0.494 e. The molecule has 2 heterocycles. The Labute approximate surface area is 257 Å². The van der Waals surface area contributed by atoms with Gasteiger partial charge in [0.2, 0.25) is 26.6 Å². The van der Waals surface area contributed by atoms with Crippen LogP contribution in [-0.4, -0.2) is 51.1 Å². The van der Waals surface area contributed by atoms with Gasteiger partial charge in [-0.1, -0.05) is 72.3 Å². The van der Waals surface area contributed by atoms with Crippen LogP contribution in [0.4, 0.5) is 5.88 Å². The van der Waals surface area contributed by atoms with E-state index < -0.39 is 9.84 Å². The number of rotatable bonds is 9. The third kappa shape index (κ3) is 6.18. The Morgan fingerprint density at radius 2 is 1.40 bits per heavy atom. The lowest BCUT2D eigenvalue weighted by Gasteiger charge is -2.39. The predicted octanol–water partition coefficient (Wildman–Crippen LogP) is 7.14. The van der Waals surface area contributed by atoms with Crippen molar-refractivity contribution < 1.29 is 17.6 Å². The molecule has 1 fully saturated rings. The molecule has 0 N–H and O–H groups in total. The molecule has 1 aliphatic rings. The average molecular weight is 614 g/mol.